The summed E-state index contributed by atoms with van der Waals surface area (Å²) in [6.45, 7) is -0.764. The van der Waals surface area contributed by atoms with Crippen LogP contribution in [-0.2, 0) is 19.1 Å². The molecular formula is C7H11NO6. The van der Waals surface area contributed by atoms with Gasteiger partial charge >= 0.3 is 17.9 Å². The van der Waals surface area contributed by atoms with Crippen molar-refractivity contribution in [3.05, 3.63) is 0 Å². The minimum atomic E-state index is -1.29. The number of carbonyl (C=O) groups excluding carboxylic acids is 1. The average molecular weight is 205 g/mol. The number of aliphatic carboxylic acids is 2. The second kappa shape index (κ2) is 5.92. The SMILES string of the molecule is NC(CCC(=O)O)C(=O)OCC(=O)O. The minimum Gasteiger partial charge on any atom is -0.481 e. The van der Waals surface area contributed by atoms with Crippen LogP contribution in [0, 0.1) is 0 Å². The van der Waals surface area contributed by atoms with Crippen LogP contribution in [0.3, 0.4) is 0 Å². The maximum atomic E-state index is 10.9. The molecule has 80 valence electrons. The zero-order valence-corrected chi connectivity index (χ0v) is 7.30. The highest BCUT2D eigenvalue weighted by molar-refractivity contribution is 5.79. The lowest BCUT2D eigenvalue weighted by Crippen LogP contribution is -2.33. The van der Waals surface area contributed by atoms with E-state index < -0.39 is 30.6 Å². The highest BCUT2D eigenvalue weighted by Gasteiger charge is 2.17. The van der Waals surface area contributed by atoms with Gasteiger partial charge in [0.25, 0.3) is 0 Å². The van der Waals surface area contributed by atoms with Gasteiger partial charge in [-0.1, -0.05) is 0 Å². The molecule has 0 aromatic carbocycles. The molecule has 0 rings (SSSR count). The van der Waals surface area contributed by atoms with Crippen LogP contribution >= 0.6 is 0 Å². The van der Waals surface area contributed by atoms with Gasteiger partial charge < -0.3 is 20.7 Å². The van der Waals surface area contributed by atoms with Crippen LogP contribution < -0.4 is 5.73 Å². The maximum absolute atomic E-state index is 10.9. The number of hydrogen-bond acceptors (Lipinski definition) is 5. The van der Waals surface area contributed by atoms with E-state index in [0.29, 0.717) is 0 Å². The predicted octanol–water partition coefficient (Wildman–Crippen LogP) is -1.19. The molecule has 1 atom stereocenters. The lowest BCUT2D eigenvalue weighted by Gasteiger charge is -2.08. The van der Waals surface area contributed by atoms with Crippen molar-refractivity contribution in [3.63, 3.8) is 0 Å². The van der Waals surface area contributed by atoms with Gasteiger partial charge in [-0.25, -0.2) is 4.79 Å². The van der Waals surface area contributed by atoms with Gasteiger partial charge in [-0.3, -0.25) is 9.59 Å². The summed E-state index contributed by atoms with van der Waals surface area (Å²) in [4.78, 5) is 30.9. The Bertz CT molecular complexity index is 238. The van der Waals surface area contributed by atoms with Gasteiger partial charge in [-0.15, -0.1) is 0 Å². The monoisotopic (exact) mass is 205 g/mol. The predicted molar refractivity (Wildman–Crippen MR) is 43.4 cm³/mol. The molecule has 0 amide bonds. The van der Waals surface area contributed by atoms with Gasteiger partial charge in [0.15, 0.2) is 6.61 Å². The smallest absolute Gasteiger partial charge is 0.341 e. The van der Waals surface area contributed by atoms with Gasteiger partial charge in [0.2, 0.25) is 0 Å². The van der Waals surface area contributed by atoms with E-state index in [1.165, 1.54) is 0 Å². The first-order valence-electron chi connectivity index (χ1n) is 3.79. The molecule has 0 radical (unpaired) electrons. The molecule has 0 aromatic heterocycles. The third-order valence-electron chi connectivity index (χ3n) is 1.31. The number of carbonyl (C=O) groups is 3. The summed E-state index contributed by atoms with van der Waals surface area (Å²) in [6, 6.07) is -1.09. The van der Waals surface area contributed by atoms with Crippen molar-refractivity contribution >= 4 is 17.9 Å². The summed E-state index contributed by atoms with van der Waals surface area (Å²) in [7, 11) is 0. The zero-order valence-electron chi connectivity index (χ0n) is 7.30. The molecule has 14 heavy (non-hydrogen) atoms. The van der Waals surface area contributed by atoms with Gasteiger partial charge in [0.1, 0.15) is 6.04 Å². The van der Waals surface area contributed by atoms with E-state index in [2.05, 4.69) is 4.74 Å². The number of hydrogen-bond donors (Lipinski definition) is 3. The molecule has 0 fully saturated rings. The third-order valence-corrected chi connectivity index (χ3v) is 1.31. The molecule has 0 aliphatic heterocycles. The molecule has 0 aromatic rings. The standard InChI is InChI=1S/C7H11NO6/c8-4(1-2-5(9)10)7(13)14-3-6(11)12/h4H,1-3,8H2,(H,9,10)(H,11,12). The lowest BCUT2D eigenvalue weighted by atomic mass is 10.2. The third kappa shape index (κ3) is 5.95. The van der Waals surface area contributed by atoms with Crippen molar-refractivity contribution < 1.29 is 29.3 Å². The van der Waals surface area contributed by atoms with E-state index in [9.17, 15) is 14.4 Å². The molecular weight excluding hydrogens is 194 g/mol. The summed E-state index contributed by atoms with van der Waals surface area (Å²) in [5.41, 5.74) is 5.22. The van der Waals surface area contributed by atoms with Crippen molar-refractivity contribution in [1.82, 2.24) is 0 Å². The van der Waals surface area contributed by atoms with Crippen LogP contribution in [0.2, 0.25) is 0 Å². The second-order valence-corrected chi connectivity index (χ2v) is 2.54. The Morgan fingerprint density at radius 3 is 2.21 bits per heavy atom. The number of esters is 1. The van der Waals surface area contributed by atoms with Crippen LogP contribution in [0.4, 0.5) is 0 Å². The van der Waals surface area contributed by atoms with Gasteiger partial charge in [0, 0.05) is 6.42 Å². The molecule has 0 saturated heterocycles. The summed E-state index contributed by atoms with van der Waals surface area (Å²) >= 11 is 0. The highest BCUT2D eigenvalue weighted by Crippen LogP contribution is 1.97. The average Bonchev–Trinajstić information content (AvgIpc) is 2.09. The number of nitrogens with two attached hydrogens (primary N) is 1. The van der Waals surface area contributed by atoms with E-state index in [4.69, 9.17) is 15.9 Å². The number of carboxylic acid groups (broad SMARTS) is 2. The summed E-state index contributed by atoms with van der Waals surface area (Å²) < 4.78 is 4.24. The summed E-state index contributed by atoms with van der Waals surface area (Å²) in [6.07, 6.45) is -0.336. The quantitative estimate of drug-likeness (QED) is 0.465. The molecule has 0 spiro atoms. The van der Waals surface area contributed by atoms with Crippen molar-refractivity contribution in [1.29, 1.82) is 0 Å². The molecule has 0 heterocycles. The fourth-order valence-corrected chi connectivity index (χ4v) is 0.637. The Morgan fingerprint density at radius 1 is 1.21 bits per heavy atom. The Balaban J connectivity index is 3.76. The summed E-state index contributed by atoms with van der Waals surface area (Å²) in [5, 5.41) is 16.4. The van der Waals surface area contributed by atoms with Crippen LogP contribution in [0.1, 0.15) is 12.8 Å². The van der Waals surface area contributed by atoms with E-state index in [-0.39, 0.29) is 12.8 Å². The van der Waals surface area contributed by atoms with Crippen LogP contribution in [0.15, 0.2) is 0 Å². The van der Waals surface area contributed by atoms with Crippen LogP contribution in [-0.4, -0.2) is 40.8 Å². The molecule has 7 heteroatoms. The molecule has 1 unspecified atom stereocenters. The fourth-order valence-electron chi connectivity index (χ4n) is 0.637. The zero-order chi connectivity index (χ0) is 11.1. The van der Waals surface area contributed by atoms with E-state index in [1.807, 2.05) is 0 Å². The molecule has 0 bridgehead atoms. The van der Waals surface area contributed by atoms with Gasteiger partial charge in [-0.2, -0.15) is 0 Å². The fraction of sp³-hybridized carbons (Fsp3) is 0.571. The Hall–Kier alpha value is -1.63. The minimum absolute atomic E-state index is 0.0756. The number of rotatable bonds is 6. The lowest BCUT2D eigenvalue weighted by molar-refractivity contribution is -0.156. The van der Waals surface area contributed by atoms with Crippen LogP contribution in [0.5, 0.6) is 0 Å². The number of ether oxygens (including phenoxy) is 1. The Kier molecular flexibility index (Phi) is 5.23. The molecule has 4 N–H and O–H groups in total. The Labute approximate surface area is 79.5 Å². The maximum Gasteiger partial charge on any atom is 0.341 e. The first-order valence-corrected chi connectivity index (χ1v) is 3.79. The van der Waals surface area contributed by atoms with Crippen molar-refractivity contribution in [2.45, 2.75) is 18.9 Å². The molecule has 0 saturated carbocycles. The second-order valence-electron chi connectivity index (χ2n) is 2.54. The van der Waals surface area contributed by atoms with Crippen molar-refractivity contribution in [2.24, 2.45) is 5.73 Å². The number of carboxylic acids is 2. The summed E-state index contributed by atoms with van der Waals surface area (Å²) in [5.74, 6) is -3.27. The molecule has 0 aliphatic rings. The first kappa shape index (κ1) is 12.4. The van der Waals surface area contributed by atoms with Crippen molar-refractivity contribution in [3.8, 4) is 0 Å². The first-order chi connectivity index (χ1) is 6.43. The van der Waals surface area contributed by atoms with Gasteiger partial charge in [0.05, 0.1) is 0 Å². The van der Waals surface area contributed by atoms with Crippen molar-refractivity contribution in [2.75, 3.05) is 6.61 Å². The molecule has 7 nitrogen and oxygen atoms in total. The Morgan fingerprint density at radius 2 is 1.79 bits per heavy atom. The van der Waals surface area contributed by atoms with E-state index >= 15 is 0 Å². The largest absolute Gasteiger partial charge is 0.481 e. The normalized spacial score (nSPS) is 11.8. The molecule has 0 aliphatic carbocycles. The highest BCUT2D eigenvalue weighted by atomic mass is 16.6. The topological polar surface area (TPSA) is 127 Å². The van der Waals surface area contributed by atoms with E-state index in [1.54, 1.807) is 0 Å². The van der Waals surface area contributed by atoms with E-state index in [0.717, 1.165) is 0 Å². The van der Waals surface area contributed by atoms with Crippen LogP contribution in [0.25, 0.3) is 0 Å². The van der Waals surface area contributed by atoms with Gasteiger partial charge in [-0.05, 0) is 6.42 Å².